The van der Waals surface area contributed by atoms with E-state index in [2.05, 4.69) is 10.5 Å². The molecule has 4 rings (SSSR count). The van der Waals surface area contributed by atoms with E-state index < -0.39 is 11.8 Å². The minimum absolute atomic E-state index is 0.103. The summed E-state index contributed by atoms with van der Waals surface area (Å²) in [6.07, 6.45) is 1.40. The second-order valence-corrected chi connectivity index (χ2v) is 6.37. The molecule has 3 aromatic heterocycles. The Bertz CT molecular complexity index is 1100. The topological polar surface area (TPSA) is 111 Å². The first kappa shape index (κ1) is 16.8. The molecular weight excluding hydrogens is 366 g/mol. The quantitative estimate of drug-likeness (QED) is 0.544. The van der Waals surface area contributed by atoms with E-state index in [0.717, 1.165) is 5.56 Å². The number of hydrogen-bond donors (Lipinski definition) is 2. The molecule has 1 aromatic carbocycles. The number of nitrogens with two attached hydrogens (primary N) is 1. The highest BCUT2D eigenvalue weighted by Crippen LogP contribution is 2.40. The number of benzene rings is 1. The minimum Gasteiger partial charge on any atom is -0.459 e. The van der Waals surface area contributed by atoms with Crippen LogP contribution in [0.1, 0.15) is 20.9 Å². The smallest absolute Gasteiger partial charge is 0.293 e. The first-order valence-corrected chi connectivity index (χ1v) is 8.85. The molecule has 2 amide bonds. The van der Waals surface area contributed by atoms with Crippen LogP contribution in [0.25, 0.3) is 22.4 Å². The van der Waals surface area contributed by atoms with Gasteiger partial charge in [0.2, 0.25) is 11.8 Å². The van der Waals surface area contributed by atoms with Crippen molar-refractivity contribution >= 4 is 29.0 Å². The van der Waals surface area contributed by atoms with Gasteiger partial charge in [-0.2, -0.15) is 11.3 Å². The highest BCUT2D eigenvalue weighted by Gasteiger charge is 2.25. The fraction of sp³-hybridized carbons (Fsp3) is 0. The number of anilines is 1. The molecular formula is C19H13N3O4S. The molecule has 0 spiro atoms. The van der Waals surface area contributed by atoms with Gasteiger partial charge < -0.3 is 14.7 Å². The molecule has 7 nitrogen and oxygen atoms in total. The van der Waals surface area contributed by atoms with Crippen LogP contribution in [-0.4, -0.2) is 17.0 Å². The Morgan fingerprint density at radius 2 is 1.96 bits per heavy atom. The zero-order valence-electron chi connectivity index (χ0n) is 13.8. The summed E-state index contributed by atoms with van der Waals surface area (Å²) >= 11 is 1.49. The van der Waals surface area contributed by atoms with Crippen molar-refractivity contribution in [2.24, 2.45) is 5.73 Å². The second kappa shape index (κ2) is 6.93. The molecule has 0 saturated heterocycles. The van der Waals surface area contributed by atoms with Crippen LogP contribution in [-0.2, 0) is 0 Å². The number of nitrogens with zero attached hydrogens (tertiary/aromatic N) is 1. The lowest BCUT2D eigenvalue weighted by Crippen LogP contribution is -2.14. The minimum atomic E-state index is -0.591. The van der Waals surface area contributed by atoms with E-state index in [1.807, 2.05) is 16.8 Å². The molecule has 0 bridgehead atoms. The van der Waals surface area contributed by atoms with Crippen molar-refractivity contribution in [1.29, 1.82) is 0 Å². The van der Waals surface area contributed by atoms with E-state index in [1.165, 1.54) is 23.7 Å². The second-order valence-electron chi connectivity index (χ2n) is 5.59. The van der Waals surface area contributed by atoms with Gasteiger partial charge in [-0.1, -0.05) is 23.4 Å². The lowest BCUT2D eigenvalue weighted by Gasteiger charge is -2.08. The average Bonchev–Trinajstić information content (AvgIpc) is 3.42. The first-order chi connectivity index (χ1) is 13.1. The van der Waals surface area contributed by atoms with Crippen molar-refractivity contribution in [3.8, 4) is 22.4 Å². The number of carbonyl (C=O) groups is 2. The van der Waals surface area contributed by atoms with Crippen LogP contribution in [0.5, 0.6) is 0 Å². The maximum atomic E-state index is 12.4. The van der Waals surface area contributed by atoms with Crippen molar-refractivity contribution < 1.29 is 18.5 Å². The van der Waals surface area contributed by atoms with Crippen LogP contribution >= 0.6 is 11.3 Å². The zero-order valence-corrected chi connectivity index (χ0v) is 14.7. The molecule has 134 valence electrons. The Morgan fingerprint density at radius 3 is 2.67 bits per heavy atom. The van der Waals surface area contributed by atoms with Gasteiger partial charge in [0.15, 0.2) is 5.76 Å². The van der Waals surface area contributed by atoms with Crippen LogP contribution in [0.2, 0.25) is 0 Å². The fourth-order valence-corrected chi connectivity index (χ4v) is 3.35. The van der Waals surface area contributed by atoms with E-state index in [1.54, 1.807) is 30.3 Å². The Morgan fingerprint density at radius 1 is 1.11 bits per heavy atom. The Kier molecular flexibility index (Phi) is 4.31. The SMILES string of the molecule is NC(=O)c1ccccc1-c1c(-c2ccsc2)noc1NC(=O)c1ccco1. The largest absolute Gasteiger partial charge is 0.459 e. The predicted octanol–water partition coefficient (Wildman–Crippen LogP) is 4.01. The van der Waals surface area contributed by atoms with Crippen LogP contribution < -0.4 is 11.1 Å². The number of rotatable bonds is 5. The number of furan rings is 1. The maximum Gasteiger partial charge on any atom is 0.293 e. The van der Waals surface area contributed by atoms with Gasteiger partial charge >= 0.3 is 0 Å². The molecule has 0 aliphatic carbocycles. The molecule has 0 aliphatic rings. The van der Waals surface area contributed by atoms with Gasteiger partial charge in [0.1, 0.15) is 5.69 Å². The molecule has 3 heterocycles. The third kappa shape index (κ3) is 3.13. The van der Waals surface area contributed by atoms with Gasteiger partial charge in [-0.05, 0) is 29.6 Å². The summed E-state index contributed by atoms with van der Waals surface area (Å²) < 4.78 is 10.5. The molecule has 0 radical (unpaired) electrons. The van der Waals surface area contributed by atoms with Gasteiger partial charge in [-0.25, -0.2) is 0 Å². The predicted molar refractivity (Wildman–Crippen MR) is 100 cm³/mol. The van der Waals surface area contributed by atoms with E-state index in [9.17, 15) is 9.59 Å². The molecule has 4 aromatic rings. The molecule has 0 aliphatic heterocycles. The van der Waals surface area contributed by atoms with Crippen LogP contribution in [0.15, 0.2) is 68.4 Å². The van der Waals surface area contributed by atoms with Crippen molar-refractivity contribution in [3.05, 3.63) is 70.8 Å². The van der Waals surface area contributed by atoms with Crippen molar-refractivity contribution in [3.63, 3.8) is 0 Å². The van der Waals surface area contributed by atoms with E-state index in [-0.39, 0.29) is 11.6 Å². The number of nitrogens with one attached hydrogen (secondary N) is 1. The number of aromatic nitrogens is 1. The van der Waals surface area contributed by atoms with Gasteiger partial charge in [0, 0.05) is 22.1 Å². The number of primary amides is 1. The average molecular weight is 379 g/mol. The summed E-state index contributed by atoms with van der Waals surface area (Å²) in [5.41, 5.74) is 8.12. The Balaban J connectivity index is 1.86. The normalized spacial score (nSPS) is 10.7. The molecule has 0 saturated carbocycles. The van der Waals surface area contributed by atoms with Crippen LogP contribution in [0.4, 0.5) is 5.88 Å². The summed E-state index contributed by atoms with van der Waals surface area (Å²) in [7, 11) is 0. The van der Waals surface area contributed by atoms with Crippen molar-refractivity contribution in [2.45, 2.75) is 0 Å². The number of amides is 2. The first-order valence-electron chi connectivity index (χ1n) is 7.91. The third-order valence-electron chi connectivity index (χ3n) is 3.92. The maximum absolute atomic E-state index is 12.4. The zero-order chi connectivity index (χ0) is 18.8. The number of thiophene rings is 1. The fourth-order valence-electron chi connectivity index (χ4n) is 2.71. The van der Waals surface area contributed by atoms with Gasteiger partial charge in [0.25, 0.3) is 5.91 Å². The summed E-state index contributed by atoms with van der Waals surface area (Å²) in [4.78, 5) is 24.3. The summed E-state index contributed by atoms with van der Waals surface area (Å²) in [5.74, 6) is -0.860. The molecule has 3 N–H and O–H groups in total. The molecule has 27 heavy (non-hydrogen) atoms. The number of carbonyl (C=O) groups excluding carboxylic acids is 2. The molecule has 0 fully saturated rings. The van der Waals surface area contributed by atoms with Crippen molar-refractivity contribution in [1.82, 2.24) is 5.16 Å². The van der Waals surface area contributed by atoms with Crippen LogP contribution in [0.3, 0.4) is 0 Å². The molecule has 0 atom stereocenters. The highest BCUT2D eigenvalue weighted by atomic mass is 32.1. The van der Waals surface area contributed by atoms with E-state index in [4.69, 9.17) is 14.7 Å². The summed E-state index contributed by atoms with van der Waals surface area (Å²) in [6, 6.07) is 11.8. The summed E-state index contributed by atoms with van der Waals surface area (Å²) in [6.45, 7) is 0. The Hall–Kier alpha value is -3.65. The van der Waals surface area contributed by atoms with Gasteiger partial charge in [-0.15, -0.1) is 0 Å². The van der Waals surface area contributed by atoms with Crippen molar-refractivity contribution in [2.75, 3.05) is 5.32 Å². The lowest BCUT2D eigenvalue weighted by molar-refractivity contribution is 0.0989. The van der Waals surface area contributed by atoms with Crippen LogP contribution in [0, 0.1) is 0 Å². The number of hydrogen-bond acceptors (Lipinski definition) is 6. The lowest BCUT2D eigenvalue weighted by atomic mass is 9.97. The molecule has 8 heteroatoms. The standard InChI is InChI=1S/C19H13N3O4S/c20-17(23)13-5-2-1-4-12(13)15-16(11-7-9-27-10-11)22-26-19(15)21-18(24)14-6-3-8-25-14/h1-10H,(H2,20,23)(H,21,24). The third-order valence-corrected chi connectivity index (χ3v) is 4.60. The molecule has 0 unspecified atom stereocenters. The highest BCUT2D eigenvalue weighted by molar-refractivity contribution is 7.08. The van der Waals surface area contributed by atoms with E-state index in [0.29, 0.717) is 22.4 Å². The monoisotopic (exact) mass is 379 g/mol. The van der Waals surface area contributed by atoms with E-state index >= 15 is 0 Å². The van der Waals surface area contributed by atoms with Gasteiger partial charge in [-0.3, -0.25) is 14.9 Å². The van der Waals surface area contributed by atoms with Gasteiger partial charge in [0.05, 0.1) is 11.8 Å². The Labute approximate surface area is 157 Å². The summed E-state index contributed by atoms with van der Waals surface area (Å²) in [5, 5.41) is 10.5.